The molecule has 0 unspecified atom stereocenters. The Balaban J connectivity index is 2.27. The van der Waals surface area contributed by atoms with Crippen molar-refractivity contribution < 1.29 is 9.53 Å². The summed E-state index contributed by atoms with van der Waals surface area (Å²) < 4.78 is 6.19. The third-order valence-corrected chi connectivity index (χ3v) is 3.65. The van der Waals surface area contributed by atoms with Gasteiger partial charge in [0.1, 0.15) is 5.75 Å². The number of hydrogen-bond acceptors (Lipinski definition) is 3. The fraction of sp³-hybridized carbons (Fsp3) is 0.462. The Kier molecular flexibility index (Phi) is 4.24. The predicted molar refractivity (Wildman–Crippen MR) is 74.1 cm³/mol. The topological polar surface area (TPSA) is 41.6 Å². The molecule has 5 heteroatoms. The molecule has 2 rings (SSSR count). The number of nitrogens with one attached hydrogen (secondary N) is 1. The van der Waals surface area contributed by atoms with Crippen molar-refractivity contribution >= 4 is 21.8 Å². The molecule has 1 aliphatic rings. The van der Waals surface area contributed by atoms with Crippen molar-refractivity contribution in [2.24, 2.45) is 0 Å². The minimum Gasteiger partial charge on any atom is -0.496 e. The van der Waals surface area contributed by atoms with Crippen molar-refractivity contribution in [1.82, 2.24) is 10.2 Å². The summed E-state index contributed by atoms with van der Waals surface area (Å²) in [6.45, 7) is 4.47. The molecule has 0 radical (unpaired) electrons. The van der Waals surface area contributed by atoms with Gasteiger partial charge in [-0.1, -0.05) is 15.9 Å². The number of methoxy groups -OCH3 is 1. The zero-order chi connectivity index (χ0) is 13.1. The van der Waals surface area contributed by atoms with Crippen molar-refractivity contribution in [1.29, 1.82) is 0 Å². The molecule has 0 saturated carbocycles. The number of rotatable bonds is 2. The normalized spacial score (nSPS) is 19.7. The first kappa shape index (κ1) is 13.4. The van der Waals surface area contributed by atoms with Crippen LogP contribution in [0.4, 0.5) is 0 Å². The molecule has 1 fully saturated rings. The van der Waals surface area contributed by atoms with Gasteiger partial charge >= 0.3 is 0 Å². The Morgan fingerprint density at radius 3 is 3.00 bits per heavy atom. The van der Waals surface area contributed by atoms with Gasteiger partial charge in [0.2, 0.25) is 0 Å². The van der Waals surface area contributed by atoms with Crippen LogP contribution in [-0.2, 0) is 0 Å². The van der Waals surface area contributed by atoms with E-state index < -0.39 is 0 Å². The highest BCUT2D eigenvalue weighted by Crippen LogP contribution is 2.25. The average Bonchev–Trinajstić information content (AvgIpc) is 2.38. The van der Waals surface area contributed by atoms with E-state index in [2.05, 4.69) is 28.2 Å². The van der Waals surface area contributed by atoms with Gasteiger partial charge in [0.15, 0.2) is 0 Å². The first-order valence-corrected chi connectivity index (χ1v) is 6.78. The van der Waals surface area contributed by atoms with Crippen LogP contribution in [0.5, 0.6) is 5.75 Å². The fourth-order valence-electron chi connectivity index (χ4n) is 2.14. The smallest absolute Gasteiger partial charge is 0.257 e. The van der Waals surface area contributed by atoms with E-state index >= 15 is 0 Å². The standard InChI is InChI=1S/C13H17BrN2O2/c1-9-8-15-5-6-16(9)13(17)11-4-3-10(14)7-12(11)18-2/h3-4,7,9,15H,5-6,8H2,1-2H3/t9-/m1/s1. The van der Waals surface area contributed by atoms with E-state index in [1.165, 1.54) is 0 Å². The Morgan fingerprint density at radius 2 is 2.33 bits per heavy atom. The molecule has 0 aliphatic carbocycles. The number of nitrogens with zero attached hydrogens (tertiary/aromatic N) is 1. The van der Waals surface area contributed by atoms with Gasteiger partial charge in [-0.05, 0) is 25.1 Å². The molecule has 4 nitrogen and oxygen atoms in total. The molecule has 1 saturated heterocycles. The molecule has 0 aromatic heterocycles. The van der Waals surface area contributed by atoms with Gasteiger partial charge in [-0.15, -0.1) is 0 Å². The molecule has 98 valence electrons. The Hall–Kier alpha value is -1.07. The minimum atomic E-state index is 0.0355. The first-order valence-electron chi connectivity index (χ1n) is 5.98. The highest BCUT2D eigenvalue weighted by Gasteiger charge is 2.26. The van der Waals surface area contributed by atoms with Gasteiger partial charge in [-0.2, -0.15) is 0 Å². The second-order valence-corrected chi connectivity index (χ2v) is 5.31. The molecule has 18 heavy (non-hydrogen) atoms. The zero-order valence-electron chi connectivity index (χ0n) is 10.6. The van der Waals surface area contributed by atoms with Crippen molar-refractivity contribution in [3.63, 3.8) is 0 Å². The number of piperazine rings is 1. The zero-order valence-corrected chi connectivity index (χ0v) is 12.2. The van der Waals surface area contributed by atoms with E-state index in [1.54, 1.807) is 13.2 Å². The molecule has 1 amide bonds. The van der Waals surface area contributed by atoms with Crippen LogP contribution in [0, 0.1) is 0 Å². The van der Waals surface area contributed by atoms with E-state index in [1.807, 2.05) is 17.0 Å². The summed E-state index contributed by atoms with van der Waals surface area (Å²) in [5.74, 6) is 0.647. The number of halogens is 1. The van der Waals surface area contributed by atoms with E-state index in [0.29, 0.717) is 11.3 Å². The highest BCUT2D eigenvalue weighted by atomic mass is 79.9. The fourth-order valence-corrected chi connectivity index (χ4v) is 2.48. The summed E-state index contributed by atoms with van der Waals surface area (Å²) in [5, 5.41) is 3.28. The monoisotopic (exact) mass is 312 g/mol. The van der Waals surface area contributed by atoms with Gasteiger partial charge in [0.25, 0.3) is 5.91 Å². The lowest BCUT2D eigenvalue weighted by Gasteiger charge is -2.34. The maximum Gasteiger partial charge on any atom is 0.257 e. The Labute approximate surface area is 115 Å². The molecule has 1 aromatic carbocycles. The van der Waals surface area contributed by atoms with Crippen LogP contribution in [0.2, 0.25) is 0 Å². The third-order valence-electron chi connectivity index (χ3n) is 3.16. The maximum absolute atomic E-state index is 12.5. The lowest BCUT2D eigenvalue weighted by atomic mass is 10.1. The number of amides is 1. The summed E-state index contributed by atoms with van der Waals surface area (Å²) in [4.78, 5) is 14.4. The summed E-state index contributed by atoms with van der Waals surface area (Å²) in [6, 6.07) is 5.70. The van der Waals surface area contributed by atoms with Crippen LogP contribution in [0.25, 0.3) is 0 Å². The van der Waals surface area contributed by atoms with Gasteiger partial charge in [-0.25, -0.2) is 0 Å². The van der Waals surface area contributed by atoms with Crippen molar-refractivity contribution in [2.75, 3.05) is 26.7 Å². The first-order chi connectivity index (χ1) is 8.63. The van der Waals surface area contributed by atoms with Crippen LogP contribution in [-0.4, -0.2) is 43.6 Å². The number of carbonyl (C=O) groups is 1. The molecule has 0 spiro atoms. The molecule has 1 aromatic rings. The predicted octanol–water partition coefficient (Wildman–Crippen LogP) is 1.89. The van der Waals surface area contributed by atoms with Gasteiger partial charge < -0.3 is 15.0 Å². The van der Waals surface area contributed by atoms with Gasteiger partial charge in [-0.3, -0.25) is 4.79 Å². The molecule has 1 heterocycles. The lowest BCUT2D eigenvalue weighted by Crippen LogP contribution is -2.52. The molecular formula is C13H17BrN2O2. The SMILES string of the molecule is COc1cc(Br)ccc1C(=O)N1CCNC[C@H]1C. The van der Waals surface area contributed by atoms with Crippen LogP contribution < -0.4 is 10.1 Å². The average molecular weight is 313 g/mol. The Morgan fingerprint density at radius 1 is 1.56 bits per heavy atom. The second kappa shape index (κ2) is 5.71. The minimum absolute atomic E-state index is 0.0355. The van der Waals surface area contributed by atoms with E-state index in [9.17, 15) is 4.79 Å². The van der Waals surface area contributed by atoms with Crippen molar-refractivity contribution in [2.45, 2.75) is 13.0 Å². The molecule has 1 N–H and O–H groups in total. The molecular weight excluding hydrogens is 296 g/mol. The van der Waals surface area contributed by atoms with E-state index in [0.717, 1.165) is 24.1 Å². The van der Waals surface area contributed by atoms with Crippen molar-refractivity contribution in [3.05, 3.63) is 28.2 Å². The highest BCUT2D eigenvalue weighted by molar-refractivity contribution is 9.10. The van der Waals surface area contributed by atoms with Crippen LogP contribution in [0.3, 0.4) is 0 Å². The van der Waals surface area contributed by atoms with Crippen LogP contribution in [0.1, 0.15) is 17.3 Å². The third kappa shape index (κ3) is 2.67. The Bertz CT molecular complexity index is 451. The number of carbonyl (C=O) groups excluding carboxylic acids is 1. The maximum atomic E-state index is 12.5. The van der Waals surface area contributed by atoms with Crippen LogP contribution >= 0.6 is 15.9 Å². The molecule has 1 atom stereocenters. The van der Waals surface area contributed by atoms with Gasteiger partial charge in [0, 0.05) is 30.1 Å². The number of benzene rings is 1. The second-order valence-electron chi connectivity index (χ2n) is 4.40. The van der Waals surface area contributed by atoms with Crippen molar-refractivity contribution in [3.8, 4) is 5.75 Å². The number of ether oxygens (including phenoxy) is 1. The number of hydrogen-bond donors (Lipinski definition) is 1. The quantitative estimate of drug-likeness (QED) is 0.907. The summed E-state index contributed by atoms with van der Waals surface area (Å²) in [5.41, 5.74) is 0.620. The van der Waals surface area contributed by atoms with E-state index in [-0.39, 0.29) is 11.9 Å². The molecule has 0 bridgehead atoms. The van der Waals surface area contributed by atoms with Crippen LogP contribution in [0.15, 0.2) is 22.7 Å². The lowest BCUT2D eigenvalue weighted by molar-refractivity contribution is 0.0652. The summed E-state index contributed by atoms with van der Waals surface area (Å²) >= 11 is 3.38. The van der Waals surface area contributed by atoms with Gasteiger partial charge in [0.05, 0.1) is 12.7 Å². The molecule has 1 aliphatic heterocycles. The van der Waals surface area contributed by atoms with E-state index in [4.69, 9.17) is 4.74 Å². The summed E-state index contributed by atoms with van der Waals surface area (Å²) in [6.07, 6.45) is 0. The summed E-state index contributed by atoms with van der Waals surface area (Å²) in [7, 11) is 1.58. The largest absolute Gasteiger partial charge is 0.496 e.